The molecule has 0 amide bonds. The molecule has 17 heteroatoms. The average Bonchev–Trinajstić information content (AvgIpc) is 2.67. The average molecular weight is 508 g/mol. The van der Waals surface area contributed by atoms with Gasteiger partial charge in [0, 0.05) is 23.9 Å². The van der Waals surface area contributed by atoms with E-state index in [1.54, 1.807) is 0 Å². The van der Waals surface area contributed by atoms with E-state index in [4.69, 9.17) is 0 Å². The number of ketones is 4. The summed E-state index contributed by atoms with van der Waals surface area (Å²) in [5.41, 5.74) is 0. The SMILES string of the molecule is O=CC(=O)CC(=O)[O-].O=CC(=O)CC(=O)[O-].O=CC(=O)CC(=O)[O-].O=CC(=O)CC(=O)[O-].[Ti+4]. The van der Waals surface area contributed by atoms with Gasteiger partial charge in [-0.1, -0.05) is 0 Å². The van der Waals surface area contributed by atoms with Crippen LogP contribution in [0.15, 0.2) is 0 Å². The first kappa shape index (κ1) is 39.4. The fraction of sp³-hybridized carbons (Fsp3) is 0.250. The normalized spacial score (nSPS) is 7.76. The van der Waals surface area contributed by atoms with Crippen molar-refractivity contribution in [1.29, 1.82) is 0 Å². The van der Waals surface area contributed by atoms with Crippen molar-refractivity contribution in [2.24, 2.45) is 0 Å². The monoisotopic (exact) mass is 508 g/mol. The summed E-state index contributed by atoms with van der Waals surface area (Å²) in [6.07, 6.45) is -3.45. The third-order valence-corrected chi connectivity index (χ3v) is 1.80. The summed E-state index contributed by atoms with van der Waals surface area (Å²) in [5.74, 6) is -9.97. The molecule has 0 aromatic carbocycles. The van der Waals surface area contributed by atoms with Gasteiger partial charge in [0.1, 0.15) is 0 Å². The van der Waals surface area contributed by atoms with E-state index in [9.17, 15) is 78.0 Å². The molecular weight excluding hydrogens is 496 g/mol. The van der Waals surface area contributed by atoms with Gasteiger partial charge in [-0.2, -0.15) is 0 Å². The summed E-state index contributed by atoms with van der Waals surface area (Å²) < 4.78 is 0. The molecule has 0 aromatic heterocycles. The van der Waals surface area contributed by atoms with Gasteiger partial charge >= 0.3 is 21.7 Å². The van der Waals surface area contributed by atoms with Crippen LogP contribution in [0.2, 0.25) is 0 Å². The first-order chi connectivity index (χ1) is 14.7. The van der Waals surface area contributed by atoms with Gasteiger partial charge < -0.3 is 39.6 Å². The Labute approximate surface area is 197 Å². The third-order valence-electron chi connectivity index (χ3n) is 1.80. The smallest absolute Gasteiger partial charge is 0.550 e. The Kier molecular flexibility index (Phi) is 31.1. The predicted molar refractivity (Wildman–Crippen MR) is 82.8 cm³/mol. The number of rotatable bonds is 12. The Morgan fingerprint density at radius 2 is 0.515 bits per heavy atom. The quantitative estimate of drug-likeness (QED) is 0.102. The topological polar surface area (TPSA) is 297 Å². The zero-order chi connectivity index (χ0) is 26.3. The van der Waals surface area contributed by atoms with Crippen LogP contribution in [0.25, 0.3) is 0 Å². The van der Waals surface area contributed by atoms with Gasteiger partial charge in [-0.15, -0.1) is 0 Å². The summed E-state index contributed by atoms with van der Waals surface area (Å²) >= 11 is 0. The van der Waals surface area contributed by atoms with E-state index in [1.165, 1.54) is 0 Å². The molecule has 0 fully saturated rings. The molecule has 0 aliphatic heterocycles. The molecule has 0 saturated carbocycles. The molecule has 0 N–H and O–H groups in total. The summed E-state index contributed by atoms with van der Waals surface area (Å²) in [6.45, 7) is 0. The largest absolute Gasteiger partial charge is 4.00 e. The van der Waals surface area contributed by atoms with Crippen LogP contribution in [0.4, 0.5) is 0 Å². The maximum absolute atomic E-state index is 9.83. The molecule has 0 radical (unpaired) electrons. The summed E-state index contributed by atoms with van der Waals surface area (Å²) in [7, 11) is 0. The first-order valence-corrected chi connectivity index (χ1v) is 7.38. The van der Waals surface area contributed by atoms with Crippen LogP contribution in [0.5, 0.6) is 0 Å². The van der Waals surface area contributed by atoms with Crippen LogP contribution in [-0.2, 0) is 79.3 Å². The number of aldehydes is 4. The van der Waals surface area contributed by atoms with Crippen molar-refractivity contribution in [2.45, 2.75) is 25.7 Å². The van der Waals surface area contributed by atoms with Gasteiger partial charge in [-0.25, -0.2) is 0 Å². The van der Waals surface area contributed by atoms with Crippen molar-refractivity contribution >= 4 is 72.2 Å². The minimum absolute atomic E-state index is 0. The van der Waals surface area contributed by atoms with Gasteiger partial charge in [0.15, 0.2) is 25.1 Å². The van der Waals surface area contributed by atoms with E-state index < -0.39 is 72.7 Å². The molecule has 0 atom stereocenters. The van der Waals surface area contributed by atoms with Gasteiger partial charge in [0.05, 0.1) is 25.7 Å². The fourth-order valence-corrected chi connectivity index (χ4v) is 0.736. The Bertz CT molecular complexity index is 638. The molecule has 0 aliphatic rings. The molecule has 16 nitrogen and oxygen atoms in total. The Morgan fingerprint density at radius 3 is 0.545 bits per heavy atom. The number of hydrogen-bond donors (Lipinski definition) is 0. The van der Waals surface area contributed by atoms with Gasteiger partial charge in [0.2, 0.25) is 23.1 Å². The van der Waals surface area contributed by atoms with E-state index in [-0.39, 0.29) is 46.9 Å². The van der Waals surface area contributed by atoms with Crippen LogP contribution < -0.4 is 20.4 Å². The number of hydrogen-bond acceptors (Lipinski definition) is 16. The molecule has 0 spiro atoms. The standard InChI is InChI=1S/4C4H4O4.Ti/c4*5-2-3(6)1-4(7)8;/h4*2H,1H2,(H,7,8);/q;;;;+4/p-4. The van der Waals surface area contributed by atoms with Crippen LogP contribution >= 0.6 is 0 Å². The number of carboxylic acid groups (broad SMARTS) is 4. The van der Waals surface area contributed by atoms with Crippen LogP contribution in [0.1, 0.15) is 25.7 Å². The number of carbonyl (C=O) groups excluding carboxylic acids is 12. The number of Topliss-reactive ketones (excluding diaryl/α,β-unsaturated/α-hetero) is 4. The molecule has 0 aromatic rings. The fourth-order valence-electron chi connectivity index (χ4n) is 0.736. The summed E-state index contributed by atoms with van der Waals surface area (Å²) in [5, 5.41) is 37.9. The maximum atomic E-state index is 9.83. The number of carboxylic acids is 4. The van der Waals surface area contributed by atoms with E-state index in [0.717, 1.165) is 0 Å². The van der Waals surface area contributed by atoms with Crippen molar-refractivity contribution in [3.8, 4) is 0 Å². The van der Waals surface area contributed by atoms with Crippen LogP contribution in [0, 0.1) is 0 Å². The molecule has 0 aliphatic carbocycles. The second-order valence-electron chi connectivity index (χ2n) is 4.53. The Balaban J connectivity index is -0.000000105. The van der Waals surface area contributed by atoms with Gasteiger partial charge in [0.25, 0.3) is 0 Å². The third kappa shape index (κ3) is 47.3. The van der Waals surface area contributed by atoms with Crippen molar-refractivity contribution in [3.05, 3.63) is 0 Å². The van der Waals surface area contributed by atoms with E-state index >= 15 is 0 Å². The molecule has 0 rings (SSSR count). The zero-order valence-electron chi connectivity index (χ0n) is 16.2. The second kappa shape index (κ2) is 26.0. The maximum Gasteiger partial charge on any atom is 4.00 e. The number of carbonyl (C=O) groups is 12. The molecule has 0 heterocycles. The second-order valence-corrected chi connectivity index (χ2v) is 4.53. The van der Waals surface area contributed by atoms with E-state index in [1.807, 2.05) is 0 Å². The van der Waals surface area contributed by atoms with Crippen molar-refractivity contribution in [1.82, 2.24) is 0 Å². The Hall–Kier alpha value is -4.05. The zero-order valence-corrected chi connectivity index (χ0v) is 17.7. The molecule has 33 heavy (non-hydrogen) atoms. The summed E-state index contributed by atoms with van der Waals surface area (Å²) in [4.78, 5) is 115. The summed E-state index contributed by atoms with van der Waals surface area (Å²) in [6, 6.07) is 0. The van der Waals surface area contributed by atoms with Crippen molar-refractivity contribution in [3.63, 3.8) is 0 Å². The van der Waals surface area contributed by atoms with E-state index in [2.05, 4.69) is 0 Å². The minimum atomic E-state index is -1.53. The molecule has 0 bridgehead atoms. The van der Waals surface area contributed by atoms with Crippen molar-refractivity contribution in [2.75, 3.05) is 0 Å². The van der Waals surface area contributed by atoms with Crippen molar-refractivity contribution < 1.29 is 99.7 Å². The van der Waals surface area contributed by atoms with E-state index in [0.29, 0.717) is 0 Å². The predicted octanol–water partition coefficient (Wildman–Crippen LogP) is -8.42. The molecule has 0 unspecified atom stereocenters. The molecule has 176 valence electrons. The molecule has 0 saturated heterocycles. The number of aliphatic carboxylic acids is 4. The van der Waals surface area contributed by atoms with Gasteiger partial charge in [-0.3, -0.25) is 38.4 Å². The first-order valence-electron chi connectivity index (χ1n) is 7.38. The van der Waals surface area contributed by atoms with Crippen LogP contribution in [0.3, 0.4) is 0 Å². The molecular formula is C16H12O16Ti. The Morgan fingerprint density at radius 1 is 0.394 bits per heavy atom. The van der Waals surface area contributed by atoms with Gasteiger partial charge in [-0.05, 0) is 0 Å². The van der Waals surface area contributed by atoms with Crippen LogP contribution in [-0.4, -0.2) is 72.2 Å². The minimum Gasteiger partial charge on any atom is -0.550 e.